The van der Waals surface area contributed by atoms with Crippen LogP contribution in [0.15, 0.2) is 48.5 Å². The number of benzene rings is 2. The summed E-state index contributed by atoms with van der Waals surface area (Å²) in [5.41, 5.74) is 2.65. The van der Waals surface area contributed by atoms with Crippen LogP contribution in [0.5, 0.6) is 11.5 Å². The van der Waals surface area contributed by atoms with Gasteiger partial charge in [-0.25, -0.2) is 0 Å². The number of likely N-dealkylation sites (N-methyl/N-ethyl adjacent to an activating group) is 1. The molecule has 2 aromatic carbocycles. The van der Waals surface area contributed by atoms with Crippen LogP contribution in [0.1, 0.15) is 35.3 Å². The number of rotatable bonds is 9. The molecule has 5 nitrogen and oxygen atoms in total. The highest BCUT2D eigenvalue weighted by Gasteiger charge is 2.08. The third-order valence-corrected chi connectivity index (χ3v) is 3.99. The lowest BCUT2D eigenvalue weighted by Gasteiger charge is -2.11. The van der Waals surface area contributed by atoms with Crippen LogP contribution in [0.4, 0.5) is 0 Å². The first kappa shape index (κ1) is 20.2. The van der Waals surface area contributed by atoms with Crippen molar-refractivity contribution in [1.29, 1.82) is 0 Å². The number of ether oxygens (including phenoxy) is 2. The molecular formula is C22H25NO4. The van der Waals surface area contributed by atoms with Crippen LogP contribution in [-0.2, 0) is 11.2 Å². The number of aryl methyl sites for hydroxylation is 1. The van der Waals surface area contributed by atoms with Crippen LogP contribution in [0.2, 0.25) is 0 Å². The molecule has 0 aliphatic heterocycles. The first-order valence-corrected chi connectivity index (χ1v) is 8.96. The van der Waals surface area contributed by atoms with E-state index in [9.17, 15) is 9.59 Å². The smallest absolute Gasteiger partial charge is 0.257 e. The third-order valence-electron chi connectivity index (χ3n) is 3.99. The minimum atomic E-state index is -0.191. The second kappa shape index (κ2) is 10.2. The number of carbonyl (C=O) groups is 2. The molecule has 0 aliphatic carbocycles. The molecule has 142 valence electrons. The number of carbonyl (C=O) groups excluding carboxylic acids is 2. The highest BCUT2D eigenvalue weighted by Crippen LogP contribution is 2.28. The van der Waals surface area contributed by atoms with Gasteiger partial charge in [-0.2, -0.15) is 0 Å². The van der Waals surface area contributed by atoms with Gasteiger partial charge in [0.05, 0.1) is 7.11 Å². The molecule has 2 rings (SSSR count). The Hall–Kier alpha value is -3.08. The Balaban J connectivity index is 2.06. The summed E-state index contributed by atoms with van der Waals surface area (Å²) in [5.74, 6) is 0.722. The normalized spacial score (nSPS) is 10.6. The maximum Gasteiger partial charge on any atom is 0.257 e. The van der Waals surface area contributed by atoms with Gasteiger partial charge < -0.3 is 14.8 Å². The van der Waals surface area contributed by atoms with Crippen LogP contribution >= 0.6 is 0 Å². The fraction of sp³-hybridized carbons (Fsp3) is 0.273. The second-order valence-corrected chi connectivity index (χ2v) is 5.90. The molecule has 0 bridgehead atoms. The Kier molecular flexibility index (Phi) is 7.62. The summed E-state index contributed by atoms with van der Waals surface area (Å²) in [5, 5.41) is 2.67. The minimum absolute atomic E-state index is 0.0619. The fourth-order valence-corrected chi connectivity index (χ4v) is 2.47. The number of hydrogen-bond acceptors (Lipinski definition) is 4. The molecule has 1 amide bonds. The highest BCUT2D eigenvalue weighted by molar-refractivity contribution is 6.06. The van der Waals surface area contributed by atoms with E-state index < -0.39 is 0 Å². The molecule has 1 N–H and O–H groups in total. The quantitative estimate of drug-likeness (QED) is 0.543. The summed E-state index contributed by atoms with van der Waals surface area (Å²) in [6.07, 6.45) is 4.20. The molecule has 0 aromatic heterocycles. The summed E-state index contributed by atoms with van der Waals surface area (Å²) in [6.45, 7) is 4.40. The van der Waals surface area contributed by atoms with Crippen molar-refractivity contribution in [2.24, 2.45) is 0 Å². The molecule has 27 heavy (non-hydrogen) atoms. The maximum atomic E-state index is 12.3. The Morgan fingerprint density at radius 2 is 1.78 bits per heavy atom. The predicted molar refractivity (Wildman–Crippen MR) is 106 cm³/mol. The van der Waals surface area contributed by atoms with Gasteiger partial charge in [0.2, 0.25) is 0 Å². The zero-order valence-corrected chi connectivity index (χ0v) is 16.0. The zero-order valence-electron chi connectivity index (χ0n) is 16.0. The molecule has 0 radical (unpaired) electrons. The van der Waals surface area contributed by atoms with Gasteiger partial charge >= 0.3 is 0 Å². The first-order chi connectivity index (χ1) is 13.1. The van der Waals surface area contributed by atoms with Gasteiger partial charge in [0.1, 0.15) is 0 Å². The summed E-state index contributed by atoms with van der Waals surface area (Å²) in [7, 11) is 1.53. The molecule has 0 unspecified atom stereocenters. The number of ketones is 1. The van der Waals surface area contributed by atoms with E-state index in [0.29, 0.717) is 23.6 Å². The van der Waals surface area contributed by atoms with Crippen molar-refractivity contribution in [3.63, 3.8) is 0 Å². The van der Waals surface area contributed by atoms with Gasteiger partial charge in [0, 0.05) is 12.1 Å². The summed E-state index contributed by atoms with van der Waals surface area (Å²) < 4.78 is 10.8. The topological polar surface area (TPSA) is 64.6 Å². The summed E-state index contributed by atoms with van der Waals surface area (Å²) in [6, 6.07) is 12.9. The van der Waals surface area contributed by atoms with Crippen LogP contribution in [0, 0.1) is 0 Å². The summed E-state index contributed by atoms with van der Waals surface area (Å²) >= 11 is 0. The Labute approximate surface area is 160 Å². The van der Waals surface area contributed by atoms with Crippen molar-refractivity contribution < 1.29 is 19.1 Å². The third kappa shape index (κ3) is 5.99. The van der Waals surface area contributed by atoms with Crippen molar-refractivity contribution in [2.75, 3.05) is 20.3 Å². The largest absolute Gasteiger partial charge is 0.493 e. The lowest BCUT2D eigenvalue weighted by molar-refractivity contribution is -0.123. The molecule has 0 saturated carbocycles. The van der Waals surface area contributed by atoms with Crippen molar-refractivity contribution in [1.82, 2.24) is 5.32 Å². The van der Waals surface area contributed by atoms with Crippen LogP contribution in [0.25, 0.3) is 6.08 Å². The standard InChI is InChI=1S/C22H25NO4/c1-4-16-6-10-18(11-7-16)19(24)12-8-17-9-13-20(21(14-17)26-3)27-15-22(25)23-5-2/h6-14H,4-5,15H2,1-3H3,(H,23,25)/b12-8+. The van der Waals surface area contributed by atoms with Crippen molar-refractivity contribution in [2.45, 2.75) is 20.3 Å². The molecule has 5 heteroatoms. The van der Waals surface area contributed by atoms with E-state index in [1.165, 1.54) is 18.7 Å². The molecular weight excluding hydrogens is 342 g/mol. The van der Waals surface area contributed by atoms with E-state index in [1.807, 2.05) is 31.2 Å². The molecule has 2 aromatic rings. The van der Waals surface area contributed by atoms with Crippen molar-refractivity contribution >= 4 is 17.8 Å². The molecule has 0 saturated heterocycles. The lowest BCUT2D eigenvalue weighted by atomic mass is 10.1. The van der Waals surface area contributed by atoms with E-state index in [2.05, 4.69) is 12.2 Å². The van der Waals surface area contributed by atoms with Crippen LogP contribution in [-0.4, -0.2) is 32.0 Å². The average Bonchev–Trinajstić information content (AvgIpc) is 2.71. The average molecular weight is 367 g/mol. The monoisotopic (exact) mass is 367 g/mol. The number of nitrogens with one attached hydrogen (secondary N) is 1. The molecule has 0 atom stereocenters. The van der Waals surface area contributed by atoms with Crippen molar-refractivity contribution in [3.8, 4) is 11.5 Å². The fourth-order valence-electron chi connectivity index (χ4n) is 2.47. The van der Waals surface area contributed by atoms with E-state index >= 15 is 0 Å². The Morgan fingerprint density at radius 1 is 1.04 bits per heavy atom. The van der Waals surface area contributed by atoms with Crippen LogP contribution < -0.4 is 14.8 Å². The van der Waals surface area contributed by atoms with Gasteiger partial charge in [-0.1, -0.05) is 43.3 Å². The predicted octanol–water partition coefficient (Wildman–Crippen LogP) is 3.67. The molecule has 0 fully saturated rings. The lowest BCUT2D eigenvalue weighted by Crippen LogP contribution is -2.28. The number of amides is 1. The maximum absolute atomic E-state index is 12.3. The number of hydrogen-bond donors (Lipinski definition) is 1. The molecule has 0 spiro atoms. The zero-order chi connectivity index (χ0) is 19.6. The van der Waals surface area contributed by atoms with Gasteiger partial charge in [-0.05, 0) is 42.7 Å². The Morgan fingerprint density at radius 3 is 2.41 bits per heavy atom. The highest BCUT2D eigenvalue weighted by atomic mass is 16.5. The SMILES string of the molecule is CCNC(=O)COc1ccc(/C=C/C(=O)c2ccc(CC)cc2)cc1OC. The second-order valence-electron chi connectivity index (χ2n) is 5.90. The van der Waals surface area contributed by atoms with Crippen molar-refractivity contribution in [3.05, 3.63) is 65.2 Å². The molecule has 0 aliphatic rings. The number of methoxy groups -OCH3 is 1. The first-order valence-electron chi connectivity index (χ1n) is 8.96. The van der Waals surface area contributed by atoms with Gasteiger partial charge in [-0.15, -0.1) is 0 Å². The van der Waals surface area contributed by atoms with Gasteiger partial charge in [0.25, 0.3) is 5.91 Å². The van der Waals surface area contributed by atoms with E-state index in [-0.39, 0.29) is 18.3 Å². The number of allylic oxidation sites excluding steroid dienone is 1. The van der Waals surface area contributed by atoms with Gasteiger partial charge in [-0.3, -0.25) is 9.59 Å². The van der Waals surface area contributed by atoms with Crippen LogP contribution in [0.3, 0.4) is 0 Å². The van der Waals surface area contributed by atoms with E-state index in [1.54, 1.807) is 24.3 Å². The minimum Gasteiger partial charge on any atom is -0.493 e. The van der Waals surface area contributed by atoms with E-state index in [0.717, 1.165) is 12.0 Å². The summed E-state index contributed by atoms with van der Waals surface area (Å²) in [4.78, 5) is 23.8. The van der Waals surface area contributed by atoms with E-state index in [4.69, 9.17) is 9.47 Å². The molecule has 0 heterocycles. The Bertz CT molecular complexity index is 810. The van der Waals surface area contributed by atoms with Gasteiger partial charge in [0.15, 0.2) is 23.9 Å².